The van der Waals surface area contributed by atoms with Crippen LogP contribution in [0.15, 0.2) is 54.6 Å². The first kappa shape index (κ1) is 18.8. The van der Waals surface area contributed by atoms with E-state index in [1.165, 1.54) is 29.7 Å². The van der Waals surface area contributed by atoms with Crippen molar-refractivity contribution < 1.29 is 4.79 Å². The van der Waals surface area contributed by atoms with Gasteiger partial charge in [-0.3, -0.25) is 4.79 Å². The van der Waals surface area contributed by atoms with Gasteiger partial charge < -0.3 is 10.2 Å². The van der Waals surface area contributed by atoms with E-state index in [4.69, 9.17) is 0 Å². The number of rotatable bonds is 8. The summed E-state index contributed by atoms with van der Waals surface area (Å²) >= 11 is 1.69. The van der Waals surface area contributed by atoms with Crippen LogP contribution in [-0.4, -0.2) is 30.8 Å². The summed E-state index contributed by atoms with van der Waals surface area (Å²) < 4.78 is 0. The lowest BCUT2D eigenvalue weighted by Crippen LogP contribution is -2.35. The van der Waals surface area contributed by atoms with Crippen LogP contribution in [0.25, 0.3) is 0 Å². The maximum absolute atomic E-state index is 12.3. The van der Waals surface area contributed by atoms with E-state index < -0.39 is 0 Å². The summed E-state index contributed by atoms with van der Waals surface area (Å²) in [7, 11) is 0. The van der Waals surface area contributed by atoms with Crippen LogP contribution in [0.2, 0.25) is 0 Å². The van der Waals surface area contributed by atoms with Gasteiger partial charge in [-0.1, -0.05) is 48.5 Å². The zero-order valence-corrected chi connectivity index (χ0v) is 16.3. The molecule has 0 spiro atoms. The number of aryl methyl sites for hydroxylation is 1. The molecule has 138 valence electrons. The third kappa shape index (κ3) is 5.28. The highest BCUT2D eigenvalue weighted by molar-refractivity contribution is 7.99. The Morgan fingerprint density at radius 1 is 1.15 bits per heavy atom. The van der Waals surface area contributed by atoms with Crippen molar-refractivity contribution in [1.82, 2.24) is 5.32 Å². The van der Waals surface area contributed by atoms with Crippen LogP contribution < -0.4 is 10.2 Å². The van der Waals surface area contributed by atoms with E-state index in [0.717, 1.165) is 31.8 Å². The summed E-state index contributed by atoms with van der Waals surface area (Å²) in [4.78, 5) is 14.7. The second-order valence-corrected chi connectivity index (χ2v) is 8.13. The standard InChI is InChI=1S/C22H28N2OS/c1-18(26-17-19-9-3-2-4-10-19)22(25)23-14-8-16-24-15-7-12-20-11-5-6-13-21(20)24/h2-6,9-11,13,18H,7-8,12,14-17H2,1H3,(H,23,25). The molecule has 1 heterocycles. The monoisotopic (exact) mass is 368 g/mol. The molecule has 0 aromatic heterocycles. The first-order valence-electron chi connectivity index (χ1n) is 9.50. The number of nitrogens with one attached hydrogen (secondary N) is 1. The number of nitrogens with zero attached hydrogens (tertiary/aromatic N) is 1. The predicted molar refractivity (Wildman–Crippen MR) is 112 cm³/mol. The van der Waals surface area contributed by atoms with E-state index in [0.29, 0.717) is 0 Å². The Morgan fingerprint density at radius 2 is 1.92 bits per heavy atom. The third-order valence-corrected chi connectivity index (χ3v) is 6.04. The molecule has 0 saturated heterocycles. The van der Waals surface area contributed by atoms with Gasteiger partial charge in [-0.2, -0.15) is 0 Å². The maximum atomic E-state index is 12.3. The average Bonchev–Trinajstić information content (AvgIpc) is 2.70. The number of fused-ring (bicyclic) bond motifs is 1. The molecule has 2 aromatic carbocycles. The zero-order valence-electron chi connectivity index (χ0n) is 15.5. The van der Waals surface area contributed by atoms with E-state index in [-0.39, 0.29) is 11.2 Å². The highest BCUT2D eigenvalue weighted by atomic mass is 32.2. The SMILES string of the molecule is CC(SCc1ccccc1)C(=O)NCCCN1CCCc2ccccc21. The van der Waals surface area contributed by atoms with Crippen molar-refractivity contribution >= 4 is 23.4 Å². The molecule has 1 unspecified atom stereocenters. The van der Waals surface area contributed by atoms with Crippen LogP contribution in [0.1, 0.15) is 30.9 Å². The van der Waals surface area contributed by atoms with Gasteiger partial charge in [-0.25, -0.2) is 0 Å². The Labute approximate surface area is 161 Å². The highest BCUT2D eigenvalue weighted by Gasteiger charge is 2.16. The normalized spacial score (nSPS) is 14.6. The largest absolute Gasteiger partial charge is 0.371 e. The van der Waals surface area contributed by atoms with E-state index in [9.17, 15) is 4.79 Å². The van der Waals surface area contributed by atoms with Crippen LogP contribution >= 0.6 is 11.8 Å². The zero-order chi connectivity index (χ0) is 18.2. The molecule has 0 fully saturated rings. The molecule has 1 atom stereocenters. The van der Waals surface area contributed by atoms with Crippen molar-refractivity contribution in [2.75, 3.05) is 24.5 Å². The molecular formula is C22H28N2OS. The minimum absolute atomic E-state index is 0.0223. The second-order valence-electron chi connectivity index (χ2n) is 6.80. The van der Waals surface area contributed by atoms with Crippen LogP contribution in [0.4, 0.5) is 5.69 Å². The van der Waals surface area contributed by atoms with Crippen LogP contribution in [0.5, 0.6) is 0 Å². The number of carbonyl (C=O) groups excluding carboxylic acids is 1. The average molecular weight is 369 g/mol. The van der Waals surface area contributed by atoms with Crippen molar-refractivity contribution in [3.63, 3.8) is 0 Å². The first-order chi connectivity index (χ1) is 12.7. The van der Waals surface area contributed by atoms with Gasteiger partial charge in [0.25, 0.3) is 0 Å². The number of benzene rings is 2. The third-order valence-electron chi connectivity index (χ3n) is 4.82. The molecule has 3 rings (SSSR count). The molecule has 0 radical (unpaired) electrons. The molecule has 1 N–H and O–H groups in total. The summed E-state index contributed by atoms with van der Waals surface area (Å²) in [6.45, 7) is 4.86. The molecule has 26 heavy (non-hydrogen) atoms. The predicted octanol–water partition coefficient (Wildman–Crippen LogP) is 4.27. The lowest BCUT2D eigenvalue weighted by Gasteiger charge is -2.31. The molecule has 4 heteroatoms. The van der Waals surface area contributed by atoms with E-state index in [1.807, 2.05) is 25.1 Å². The summed E-state index contributed by atoms with van der Waals surface area (Å²) in [5, 5.41) is 3.07. The molecular weight excluding hydrogens is 340 g/mol. The van der Waals surface area contributed by atoms with Crippen molar-refractivity contribution in [3.05, 3.63) is 65.7 Å². The topological polar surface area (TPSA) is 32.3 Å². The smallest absolute Gasteiger partial charge is 0.232 e. The fourth-order valence-corrected chi connectivity index (χ4v) is 4.21. The molecule has 0 aliphatic carbocycles. The van der Waals surface area contributed by atoms with Gasteiger partial charge in [-0.05, 0) is 43.4 Å². The number of amides is 1. The lowest BCUT2D eigenvalue weighted by atomic mass is 10.0. The summed E-state index contributed by atoms with van der Waals surface area (Å²) in [5.74, 6) is 1.02. The fraction of sp³-hybridized carbons (Fsp3) is 0.409. The quantitative estimate of drug-likeness (QED) is 0.706. The Bertz CT molecular complexity index is 704. The number of hydrogen-bond acceptors (Lipinski definition) is 3. The van der Waals surface area contributed by atoms with Crippen molar-refractivity contribution in [1.29, 1.82) is 0 Å². The Kier molecular flexibility index (Phi) is 7.01. The van der Waals surface area contributed by atoms with Crippen LogP contribution in [0.3, 0.4) is 0 Å². The Morgan fingerprint density at radius 3 is 2.77 bits per heavy atom. The van der Waals surface area contributed by atoms with Gasteiger partial charge in [0.15, 0.2) is 0 Å². The van der Waals surface area contributed by atoms with Gasteiger partial charge in [0.1, 0.15) is 0 Å². The fourth-order valence-electron chi connectivity index (χ4n) is 3.34. The van der Waals surface area contributed by atoms with Gasteiger partial charge in [0.2, 0.25) is 5.91 Å². The molecule has 0 bridgehead atoms. The number of thioether (sulfide) groups is 1. The highest BCUT2D eigenvalue weighted by Crippen LogP contribution is 2.26. The second kappa shape index (κ2) is 9.67. The molecule has 2 aromatic rings. The minimum Gasteiger partial charge on any atom is -0.371 e. The maximum Gasteiger partial charge on any atom is 0.232 e. The molecule has 3 nitrogen and oxygen atoms in total. The number of para-hydroxylation sites is 1. The lowest BCUT2D eigenvalue weighted by molar-refractivity contribution is -0.120. The van der Waals surface area contributed by atoms with Gasteiger partial charge in [-0.15, -0.1) is 11.8 Å². The van der Waals surface area contributed by atoms with E-state index >= 15 is 0 Å². The first-order valence-corrected chi connectivity index (χ1v) is 10.5. The Hall–Kier alpha value is -1.94. The number of carbonyl (C=O) groups is 1. The molecule has 1 amide bonds. The molecule has 0 saturated carbocycles. The summed E-state index contributed by atoms with van der Waals surface area (Å²) in [5.41, 5.74) is 4.09. The Balaban J connectivity index is 1.36. The van der Waals surface area contributed by atoms with E-state index in [1.54, 1.807) is 11.8 Å². The number of anilines is 1. The van der Waals surface area contributed by atoms with Crippen LogP contribution in [0, 0.1) is 0 Å². The van der Waals surface area contributed by atoms with Gasteiger partial charge in [0.05, 0.1) is 5.25 Å². The van der Waals surface area contributed by atoms with Crippen LogP contribution in [-0.2, 0) is 17.0 Å². The number of hydrogen-bond donors (Lipinski definition) is 1. The summed E-state index contributed by atoms with van der Waals surface area (Å²) in [6, 6.07) is 19.0. The van der Waals surface area contributed by atoms with Crippen molar-refractivity contribution in [2.24, 2.45) is 0 Å². The molecule has 1 aliphatic heterocycles. The van der Waals surface area contributed by atoms with Gasteiger partial charge in [0, 0.05) is 31.1 Å². The van der Waals surface area contributed by atoms with E-state index in [2.05, 4.69) is 46.6 Å². The summed E-state index contributed by atoms with van der Waals surface area (Å²) in [6.07, 6.45) is 3.38. The van der Waals surface area contributed by atoms with Crippen molar-refractivity contribution in [2.45, 2.75) is 37.2 Å². The molecule has 1 aliphatic rings. The minimum atomic E-state index is -0.0223. The van der Waals surface area contributed by atoms with Crippen molar-refractivity contribution in [3.8, 4) is 0 Å². The van der Waals surface area contributed by atoms with Gasteiger partial charge >= 0.3 is 0 Å².